The average Bonchev–Trinajstić information content (AvgIpc) is 3.27. The fraction of sp³-hybridized carbons (Fsp3) is 0.300. The van der Waals surface area contributed by atoms with Gasteiger partial charge in [-0.2, -0.15) is 0 Å². The molecule has 3 aromatic heterocycles. The molecule has 0 radical (unpaired) electrons. The summed E-state index contributed by atoms with van der Waals surface area (Å²) in [5.74, 6) is 0.0563. The summed E-state index contributed by atoms with van der Waals surface area (Å²) in [6.45, 7) is 4.54. The molecule has 1 aromatic carbocycles. The Labute approximate surface area is 170 Å². The summed E-state index contributed by atoms with van der Waals surface area (Å²) in [6.07, 6.45) is 0.905. The maximum Gasteiger partial charge on any atom is 0.329 e. The Kier molecular flexibility index (Phi) is 5.06. The molecule has 4 rings (SSSR count). The number of aromatic nitrogens is 4. The van der Waals surface area contributed by atoms with Crippen LogP contribution in [0.3, 0.4) is 0 Å². The van der Waals surface area contributed by atoms with Crippen LogP contribution >= 0.6 is 11.3 Å². The quantitative estimate of drug-likeness (QED) is 0.528. The van der Waals surface area contributed by atoms with Gasteiger partial charge in [-0.3, -0.25) is 24.1 Å². The number of carbonyl (C=O) groups is 1. The van der Waals surface area contributed by atoms with E-state index in [1.165, 1.54) is 16.0 Å². The molecule has 3 heterocycles. The number of benzene rings is 1. The highest BCUT2D eigenvalue weighted by atomic mass is 32.1. The molecule has 29 heavy (non-hydrogen) atoms. The van der Waals surface area contributed by atoms with Gasteiger partial charge in [0.1, 0.15) is 10.7 Å². The molecule has 0 bridgehead atoms. The number of hydrogen-bond acceptors (Lipinski definition) is 5. The molecule has 0 saturated carbocycles. The first kappa shape index (κ1) is 19.1. The average molecular weight is 411 g/mol. The summed E-state index contributed by atoms with van der Waals surface area (Å²) in [6, 6.07) is 9.25. The summed E-state index contributed by atoms with van der Waals surface area (Å²) in [4.78, 5) is 42.9. The van der Waals surface area contributed by atoms with Gasteiger partial charge in [-0.05, 0) is 36.9 Å². The van der Waals surface area contributed by atoms with Crippen molar-refractivity contribution in [1.29, 1.82) is 0 Å². The number of carbonyl (C=O) groups excluding carboxylic acids is 1. The normalized spacial score (nSPS) is 11.4. The lowest BCUT2D eigenvalue weighted by molar-refractivity contribution is -0.117. The second-order valence-corrected chi connectivity index (χ2v) is 7.69. The number of para-hydroxylation sites is 2. The molecule has 1 N–H and O–H groups in total. The van der Waals surface area contributed by atoms with Crippen molar-refractivity contribution < 1.29 is 4.79 Å². The van der Waals surface area contributed by atoms with E-state index in [1.807, 2.05) is 31.2 Å². The Bertz CT molecular complexity index is 1330. The van der Waals surface area contributed by atoms with E-state index in [4.69, 9.17) is 0 Å². The number of hydrogen-bond donors (Lipinski definition) is 1. The van der Waals surface area contributed by atoms with Crippen molar-refractivity contribution in [3.05, 3.63) is 62.4 Å². The summed E-state index contributed by atoms with van der Waals surface area (Å²) in [5.41, 5.74) is 3.84. The summed E-state index contributed by atoms with van der Waals surface area (Å²) in [5, 5.41) is 2.27. The third kappa shape index (κ3) is 3.38. The predicted octanol–water partition coefficient (Wildman–Crippen LogP) is 2.45. The van der Waals surface area contributed by atoms with Gasteiger partial charge in [0.15, 0.2) is 0 Å². The number of fused-ring (bicyclic) bond motifs is 2. The van der Waals surface area contributed by atoms with Gasteiger partial charge in [0.05, 0.1) is 16.4 Å². The monoisotopic (exact) mass is 411 g/mol. The van der Waals surface area contributed by atoms with Crippen LogP contribution in [-0.4, -0.2) is 24.7 Å². The van der Waals surface area contributed by atoms with Crippen molar-refractivity contribution in [2.24, 2.45) is 0 Å². The molecular weight excluding hydrogens is 390 g/mol. The first-order chi connectivity index (χ1) is 14.0. The molecule has 0 aliphatic carbocycles. The minimum Gasteiger partial charge on any atom is -0.292 e. The Balaban J connectivity index is 1.58. The van der Waals surface area contributed by atoms with Crippen molar-refractivity contribution in [1.82, 2.24) is 18.8 Å². The topological polar surface area (TPSA) is 90.9 Å². The van der Waals surface area contributed by atoms with Crippen LogP contribution in [0.1, 0.15) is 25.6 Å². The summed E-state index contributed by atoms with van der Waals surface area (Å²) >= 11 is 1.38. The third-order valence-electron chi connectivity index (χ3n) is 4.84. The van der Waals surface area contributed by atoms with Crippen LogP contribution in [0.5, 0.6) is 0 Å². The number of nitrogens with zero attached hydrogens (tertiary/aromatic N) is 4. The fourth-order valence-corrected chi connectivity index (χ4v) is 4.27. The second kappa shape index (κ2) is 7.67. The number of imidazole rings is 1. The molecular formula is C20H21N5O3S. The zero-order valence-corrected chi connectivity index (χ0v) is 17.0. The molecule has 1 amide bonds. The Hall–Kier alpha value is -3.20. The van der Waals surface area contributed by atoms with Crippen molar-refractivity contribution in [3.63, 3.8) is 0 Å². The lowest BCUT2D eigenvalue weighted by Crippen LogP contribution is -2.36. The summed E-state index contributed by atoms with van der Waals surface area (Å²) < 4.78 is 4.51. The molecule has 0 atom stereocenters. The lowest BCUT2D eigenvalue weighted by atomic mass is 10.3. The van der Waals surface area contributed by atoms with E-state index < -0.39 is 0 Å². The Morgan fingerprint density at radius 3 is 2.48 bits per heavy atom. The van der Waals surface area contributed by atoms with Crippen LogP contribution in [-0.2, 0) is 17.9 Å². The van der Waals surface area contributed by atoms with Gasteiger partial charge in [0.25, 0.3) is 5.56 Å². The molecule has 0 aliphatic rings. The Morgan fingerprint density at radius 1 is 1.10 bits per heavy atom. The SMILES string of the molecule is CCCn1c(=O)n(CCC(=O)Nn2c(C)nc3sccc3c2=O)c2ccccc21. The number of nitrogens with one attached hydrogen (secondary N) is 1. The van der Waals surface area contributed by atoms with Crippen LogP contribution in [0.15, 0.2) is 45.3 Å². The van der Waals surface area contributed by atoms with Gasteiger partial charge in [0.2, 0.25) is 5.91 Å². The summed E-state index contributed by atoms with van der Waals surface area (Å²) in [7, 11) is 0. The van der Waals surface area contributed by atoms with E-state index >= 15 is 0 Å². The molecule has 4 aromatic rings. The van der Waals surface area contributed by atoms with Gasteiger partial charge < -0.3 is 0 Å². The number of aryl methyl sites for hydroxylation is 3. The largest absolute Gasteiger partial charge is 0.329 e. The fourth-order valence-electron chi connectivity index (χ4n) is 3.47. The van der Waals surface area contributed by atoms with Crippen molar-refractivity contribution in [2.45, 2.75) is 39.8 Å². The maximum absolute atomic E-state index is 12.8. The van der Waals surface area contributed by atoms with Crippen molar-refractivity contribution >= 4 is 38.5 Å². The maximum atomic E-state index is 12.8. The zero-order valence-electron chi connectivity index (χ0n) is 16.2. The van der Waals surface area contributed by atoms with Crippen molar-refractivity contribution in [2.75, 3.05) is 5.43 Å². The van der Waals surface area contributed by atoms with E-state index in [2.05, 4.69) is 10.4 Å². The van der Waals surface area contributed by atoms with E-state index in [1.54, 1.807) is 27.5 Å². The molecule has 0 fully saturated rings. The minimum absolute atomic E-state index is 0.0631. The molecule has 0 saturated heterocycles. The smallest absolute Gasteiger partial charge is 0.292 e. The van der Waals surface area contributed by atoms with Crippen LogP contribution < -0.4 is 16.7 Å². The van der Waals surface area contributed by atoms with Gasteiger partial charge in [-0.25, -0.2) is 14.5 Å². The van der Waals surface area contributed by atoms with E-state index in [9.17, 15) is 14.4 Å². The molecule has 0 unspecified atom stereocenters. The van der Waals surface area contributed by atoms with Crippen LogP contribution in [0.4, 0.5) is 0 Å². The third-order valence-corrected chi connectivity index (χ3v) is 5.64. The van der Waals surface area contributed by atoms with E-state index in [0.717, 1.165) is 17.5 Å². The Morgan fingerprint density at radius 2 is 1.79 bits per heavy atom. The lowest BCUT2D eigenvalue weighted by Gasteiger charge is -2.11. The molecule has 8 nitrogen and oxygen atoms in total. The van der Waals surface area contributed by atoms with E-state index in [-0.39, 0.29) is 30.1 Å². The molecule has 0 aliphatic heterocycles. The van der Waals surface area contributed by atoms with Gasteiger partial charge >= 0.3 is 5.69 Å². The second-order valence-electron chi connectivity index (χ2n) is 6.80. The molecule has 150 valence electrons. The molecule has 0 spiro atoms. The van der Waals surface area contributed by atoms with Crippen LogP contribution in [0, 0.1) is 6.92 Å². The zero-order chi connectivity index (χ0) is 20.5. The predicted molar refractivity (Wildman–Crippen MR) is 114 cm³/mol. The van der Waals surface area contributed by atoms with Crippen molar-refractivity contribution in [3.8, 4) is 0 Å². The highest BCUT2D eigenvalue weighted by Gasteiger charge is 2.15. The van der Waals surface area contributed by atoms with Crippen LogP contribution in [0.25, 0.3) is 21.3 Å². The molecule has 9 heteroatoms. The van der Waals surface area contributed by atoms with E-state index in [0.29, 0.717) is 22.6 Å². The standard InChI is InChI=1S/C20H21N5O3S/c1-3-10-23-15-6-4-5-7-16(15)24(20(23)28)11-8-17(26)22-25-13(2)21-18-14(19(25)27)9-12-29-18/h4-7,9,12H,3,8,10-11H2,1-2H3,(H,22,26). The van der Waals surface area contributed by atoms with Gasteiger partial charge in [0, 0.05) is 19.5 Å². The van der Waals surface area contributed by atoms with Gasteiger partial charge in [-0.15, -0.1) is 11.3 Å². The first-order valence-electron chi connectivity index (χ1n) is 9.46. The van der Waals surface area contributed by atoms with Gasteiger partial charge in [-0.1, -0.05) is 19.1 Å². The highest BCUT2D eigenvalue weighted by Crippen LogP contribution is 2.15. The number of rotatable bonds is 6. The first-order valence-corrected chi connectivity index (χ1v) is 10.3. The number of thiophene rings is 1. The van der Waals surface area contributed by atoms with Crippen LogP contribution in [0.2, 0.25) is 0 Å². The minimum atomic E-state index is -0.356. The number of amides is 1. The highest BCUT2D eigenvalue weighted by molar-refractivity contribution is 7.16.